The number of nitrogens with one attached hydrogen (secondary N) is 1. The van der Waals surface area contributed by atoms with Gasteiger partial charge in [0.15, 0.2) is 0 Å². The summed E-state index contributed by atoms with van der Waals surface area (Å²) in [6.45, 7) is 14.5. The van der Waals surface area contributed by atoms with E-state index in [2.05, 4.69) is 45.3 Å². The van der Waals surface area contributed by atoms with Gasteiger partial charge in [-0.3, -0.25) is 4.79 Å². The molecule has 0 saturated carbocycles. The molecule has 0 saturated heterocycles. The number of hydrogen-bond acceptors (Lipinski definition) is 4. The molecular formula is C20H31NO4. The van der Waals surface area contributed by atoms with Crippen molar-refractivity contribution in [3.63, 3.8) is 0 Å². The molecule has 0 bridgehead atoms. The van der Waals surface area contributed by atoms with Crippen LogP contribution in [-0.4, -0.2) is 25.2 Å². The Morgan fingerprint density at radius 1 is 1.28 bits per heavy atom. The SMILES string of the molecule is C=C.CCC(=O)OCCNC(=O)OC1=CC(C)(C(C)CC)C=CC=C1. The van der Waals surface area contributed by atoms with Gasteiger partial charge in [0.05, 0.1) is 6.54 Å². The van der Waals surface area contributed by atoms with E-state index in [1.807, 2.05) is 18.2 Å². The number of rotatable bonds is 7. The molecule has 2 atom stereocenters. The number of amides is 1. The zero-order valence-electron chi connectivity index (χ0n) is 15.8. The van der Waals surface area contributed by atoms with E-state index in [-0.39, 0.29) is 24.5 Å². The van der Waals surface area contributed by atoms with Gasteiger partial charge in [0.1, 0.15) is 12.4 Å². The lowest BCUT2D eigenvalue weighted by Crippen LogP contribution is -2.29. The lowest BCUT2D eigenvalue weighted by atomic mass is 9.76. The van der Waals surface area contributed by atoms with Crippen LogP contribution in [0.5, 0.6) is 0 Å². The van der Waals surface area contributed by atoms with Crippen LogP contribution in [0.4, 0.5) is 4.79 Å². The van der Waals surface area contributed by atoms with Gasteiger partial charge in [0, 0.05) is 11.8 Å². The number of carbonyl (C=O) groups excluding carboxylic acids is 2. The van der Waals surface area contributed by atoms with Crippen LogP contribution >= 0.6 is 0 Å². The Labute approximate surface area is 151 Å². The van der Waals surface area contributed by atoms with E-state index < -0.39 is 6.09 Å². The topological polar surface area (TPSA) is 64.6 Å². The first-order chi connectivity index (χ1) is 11.9. The van der Waals surface area contributed by atoms with Crippen LogP contribution in [0.3, 0.4) is 0 Å². The predicted octanol–water partition coefficient (Wildman–Crippen LogP) is 4.53. The summed E-state index contributed by atoms with van der Waals surface area (Å²) in [5, 5.41) is 2.57. The second-order valence-corrected chi connectivity index (χ2v) is 5.83. The summed E-state index contributed by atoms with van der Waals surface area (Å²) in [5.41, 5.74) is -0.162. The third kappa shape index (κ3) is 8.38. The number of esters is 1. The number of carbonyl (C=O) groups is 2. The molecule has 25 heavy (non-hydrogen) atoms. The first-order valence-corrected chi connectivity index (χ1v) is 8.61. The minimum absolute atomic E-state index is 0.142. The summed E-state index contributed by atoms with van der Waals surface area (Å²) in [6.07, 6.45) is 10.5. The smallest absolute Gasteiger partial charge is 0.412 e. The van der Waals surface area contributed by atoms with Crippen molar-refractivity contribution in [2.75, 3.05) is 13.2 Å². The molecule has 1 rings (SSSR count). The minimum atomic E-state index is -0.554. The van der Waals surface area contributed by atoms with Gasteiger partial charge in [-0.1, -0.05) is 52.3 Å². The Balaban J connectivity index is 0.00000277. The van der Waals surface area contributed by atoms with Gasteiger partial charge in [-0.15, -0.1) is 13.2 Å². The molecule has 0 aromatic heterocycles. The van der Waals surface area contributed by atoms with E-state index in [1.165, 1.54) is 0 Å². The van der Waals surface area contributed by atoms with E-state index in [4.69, 9.17) is 9.47 Å². The van der Waals surface area contributed by atoms with Gasteiger partial charge in [-0.2, -0.15) is 0 Å². The van der Waals surface area contributed by atoms with Crippen molar-refractivity contribution in [1.82, 2.24) is 5.32 Å². The molecule has 0 aromatic rings. The van der Waals surface area contributed by atoms with Crippen LogP contribution < -0.4 is 5.32 Å². The van der Waals surface area contributed by atoms with Crippen molar-refractivity contribution in [2.45, 2.75) is 40.5 Å². The van der Waals surface area contributed by atoms with Gasteiger partial charge in [-0.05, 0) is 18.1 Å². The molecule has 1 amide bonds. The summed E-state index contributed by atoms with van der Waals surface area (Å²) < 4.78 is 10.2. The highest BCUT2D eigenvalue weighted by Crippen LogP contribution is 2.35. The van der Waals surface area contributed by atoms with Crippen LogP contribution in [0, 0.1) is 11.3 Å². The normalized spacial score (nSPS) is 19.6. The van der Waals surface area contributed by atoms with Crippen LogP contribution in [-0.2, 0) is 14.3 Å². The molecule has 1 N–H and O–H groups in total. The summed E-state index contributed by atoms with van der Waals surface area (Å²) in [7, 11) is 0. The van der Waals surface area contributed by atoms with Crippen molar-refractivity contribution in [3.05, 3.63) is 49.3 Å². The van der Waals surface area contributed by atoms with Crippen molar-refractivity contribution in [1.29, 1.82) is 0 Å². The Bertz CT molecular complexity index is 522. The Morgan fingerprint density at radius 3 is 2.56 bits per heavy atom. The molecule has 0 aliphatic heterocycles. The number of hydrogen-bond donors (Lipinski definition) is 1. The number of alkyl carbamates (subject to hydrolysis) is 1. The molecule has 0 spiro atoms. The van der Waals surface area contributed by atoms with Crippen LogP contribution in [0.2, 0.25) is 0 Å². The maximum atomic E-state index is 11.8. The summed E-state index contributed by atoms with van der Waals surface area (Å²) in [4.78, 5) is 22.8. The molecule has 140 valence electrons. The quantitative estimate of drug-likeness (QED) is 0.417. The zero-order valence-corrected chi connectivity index (χ0v) is 15.8. The lowest BCUT2D eigenvalue weighted by Gasteiger charge is -2.29. The fraction of sp³-hybridized carbons (Fsp3) is 0.500. The van der Waals surface area contributed by atoms with Gasteiger partial charge in [0.25, 0.3) is 0 Å². The van der Waals surface area contributed by atoms with Crippen LogP contribution in [0.25, 0.3) is 0 Å². The second kappa shape index (κ2) is 12.1. The monoisotopic (exact) mass is 349 g/mol. The molecule has 1 aliphatic carbocycles. The van der Waals surface area contributed by atoms with E-state index in [0.717, 1.165) is 6.42 Å². The van der Waals surface area contributed by atoms with Crippen LogP contribution in [0.15, 0.2) is 49.3 Å². The fourth-order valence-electron chi connectivity index (χ4n) is 2.19. The average Bonchev–Trinajstić information content (AvgIpc) is 2.81. The molecule has 5 heteroatoms. The summed E-state index contributed by atoms with van der Waals surface area (Å²) >= 11 is 0. The van der Waals surface area contributed by atoms with Crippen molar-refractivity contribution in [2.24, 2.45) is 11.3 Å². The van der Waals surface area contributed by atoms with Gasteiger partial charge in [-0.25, -0.2) is 4.79 Å². The van der Waals surface area contributed by atoms with Gasteiger partial charge < -0.3 is 14.8 Å². The van der Waals surface area contributed by atoms with Gasteiger partial charge in [0.2, 0.25) is 0 Å². The maximum absolute atomic E-state index is 11.8. The summed E-state index contributed by atoms with van der Waals surface area (Å²) in [5.74, 6) is 0.652. The molecule has 0 radical (unpaired) electrons. The molecule has 0 fully saturated rings. The second-order valence-electron chi connectivity index (χ2n) is 5.83. The van der Waals surface area contributed by atoms with Crippen LogP contribution in [0.1, 0.15) is 40.5 Å². The van der Waals surface area contributed by atoms with Crippen molar-refractivity contribution < 1.29 is 19.1 Å². The first kappa shape index (κ1) is 22.7. The number of ether oxygens (including phenoxy) is 2. The highest BCUT2D eigenvalue weighted by Gasteiger charge is 2.26. The molecule has 0 aromatic carbocycles. The molecular weight excluding hydrogens is 318 g/mol. The fourth-order valence-corrected chi connectivity index (χ4v) is 2.19. The molecule has 0 heterocycles. The Kier molecular flexibility index (Phi) is 11.0. The van der Waals surface area contributed by atoms with E-state index in [1.54, 1.807) is 13.0 Å². The first-order valence-electron chi connectivity index (χ1n) is 8.61. The van der Waals surface area contributed by atoms with Crippen molar-refractivity contribution in [3.8, 4) is 0 Å². The third-order valence-corrected chi connectivity index (χ3v) is 4.09. The standard InChI is InChI=1S/C18H27NO4.C2H4/c1-5-14(3)18(4)10-8-7-9-15(13-18)23-17(21)19-11-12-22-16(20)6-2;1-2/h7-10,13-14H,5-6,11-12H2,1-4H3,(H,19,21);1-2H2. The lowest BCUT2D eigenvalue weighted by molar-refractivity contribution is -0.143. The van der Waals surface area contributed by atoms with E-state index >= 15 is 0 Å². The molecule has 5 nitrogen and oxygen atoms in total. The Hall–Kier alpha value is -2.30. The van der Waals surface area contributed by atoms with Crippen molar-refractivity contribution >= 4 is 12.1 Å². The minimum Gasteiger partial charge on any atom is -0.464 e. The third-order valence-electron chi connectivity index (χ3n) is 4.09. The molecule has 1 aliphatic rings. The highest BCUT2D eigenvalue weighted by molar-refractivity contribution is 5.70. The van der Waals surface area contributed by atoms with Gasteiger partial charge >= 0.3 is 12.1 Å². The Morgan fingerprint density at radius 2 is 1.96 bits per heavy atom. The predicted molar refractivity (Wildman–Crippen MR) is 101 cm³/mol. The van der Waals surface area contributed by atoms with E-state index in [0.29, 0.717) is 18.1 Å². The zero-order chi connectivity index (χ0) is 19.3. The number of allylic oxidation sites excluding steroid dienone is 5. The molecule has 2 unspecified atom stereocenters. The average molecular weight is 349 g/mol. The largest absolute Gasteiger partial charge is 0.464 e. The van der Waals surface area contributed by atoms with E-state index in [9.17, 15) is 9.59 Å². The summed E-state index contributed by atoms with van der Waals surface area (Å²) in [6, 6.07) is 0. The maximum Gasteiger partial charge on any atom is 0.412 e. The highest BCUT2D eigenvalue weighted by atomic mass is 16.6.